The topological polar surface area (TPSA) is 136 Å². The second kappa shape index (κ2) is 9.54. The SMILES string of the molecule is NCCSSCC(N)C(=O)SC(O)C(N)O. The van der Waals surface area contributed by atoms with Crippen LogP contribution in [0.1, 0.15) is 0 Å². The Hall–Kier alpha value is 0.520. The highest BCUT2D eigenvalue weighted by molar-refractivity contribution is 8.76. The van der Waals surface area contributed by atoms with E-state index in [-0.39, 0.29) is 0 Å². The van der Waals surface area contributed by atoms with Gasteiger partial charge in [-0.3, -0.25) is 4.79 Å². The van der Waals surface area contributed by atoms with Crippen molar-refractivity contribution in [2.24, 2.45) is 17.2 Å². The summed E-state index contributed by atoms with van der Waals surface area (Å²) in [6, 6.07) is -0.686. The Labute approximate surface area is 106 Å². The summed E-state index contributed by atoms with van der Waals surface area (Å²) in [5, 5.41) is 17.5. The van der Waals surface area contributed by atoms with E-state index in [1.54, 1.807) is 0 Å². The summed E-state index contributed by atoms with van der Waals surface area (Å²) in [6.45, 7) is 0.577. The molecular weight excluding hydrogens is 270 g/mol. The number of carbonyl (C=O) groups is 1. The van der Waals surface area contributed by atoms with Crippen LogP contribution in [0, 0.1) is 0 Å². The van der Waals surface area contributed by atoms with Crippen LogP contribution in [-0.2, 0) is 4.79 Å². The Morgan fingerprint density at radius 1 is 1.25 bits per heavy atom. The lowest BCUT2D eigenvalue weighted by Crippen LogP contribution is -2.37. The minimum Gasteiger partial charge on any atom is -0.378 e. The van der Waals surface area contributed by atoms with Gasteiger partial charge in [0.05, 0.1) is 6.04 Å². The fourth-order valence-corrected chi connectivity index (χ4v) is 3.29. The zero-order chi connectivity index (χ0) is 12.6. The Morgan fingerprint density at radius 3 is 2.38 bits per heavy atom. The van der Waals surface area contributed by atoms with Crippen molar-refractivity contribution < 1.29 is 15.0 Å². The highest BCUT2D eigenvalue weighted by Gasteiger charge is 2.21. The van der Waals surface area contributed by atoms with E-state index in [4.69, 9.17) is 27.4 Å². The molecule has 0 aliphatic heterocycles. The molecule has 0 aliphatic carbocycles. The molecule has 0 fully saturated rings. The molecule has 0 aromatic rings. The number of hydrogen-bond acceptors (Lipinski definition) is 9. The van der Waals surface area contributed by atoms with Gasteiger partial charge in [-0.15, -0.1) is 0 Å². The quantitative estimate of drug-likeness (QED) is 0.205. The normalized spacial score (nSPS) is 16.8. The summed E-state index contributed by atoms with van der Waals surface area (Å²) in [4.78, 5) is 11.4. The van der Waals surface area contributed by atoms with Crippen LogP contribution < -0.4 is 17.2 Å². The van der Waals surface area contributed by atoms with E-state index < -0.39 is 22.8 Å². The zero-order valence-corrected chi connectivity index (χ0v) is 11.1. The maximum atomic E-state index is 11.4. The van der Waals surface area contributed by atoms with Gasteiger partial charge in [-0.2, -0.15) is 0 Å². The van der Waals surface area contributed by atoms with Crippen LogP contribution in [0.25, 0.3) is 0 Å². The van der Waals surface area contributed by atoms with E-state index >= 15 is 0 Å². The average molecular weight is 287 g/mol. The average Bonchev–Trinajstić information content (AvgIpc) is 2.23. The number of carbonyl (C=O) groups excluding carboxylic acids is 1. The van der Waals surface area contributed by atoms with Gasteiger partial charge in [0.15, 0.2) is 0 Å². The van der Waals surface area contributed by atoms with E-state index in [1.165, 1.54) is 21.6 Å². The summed E-state index contributed by atoms with van der Waals surface area (Å²) >= 11 is 0.549. The molecule has 3 unspecified atom stereocenters. The van der Waals surface area contributed by atoms with Crippen LogP contribution in [0.5, 0.6) is 0 Å². The Morgan fingerprint density at radius 2 is 1.88 bits per heavy atom. The summed E-state index contributed by atoms with van der Waals surface area (Å²) in [6.07, 6.45) is -1.44. The highest BCUT2D eigenvalue weighted by atomic mass is 33.1. The molecule has 6 nitrogen and oxygen atoms in total. The van der Waals surface area contributed by atoms with Crippen LogP contribution in [-0.4, -0.2) is 51.1 Å². The van der Waals surface area contributed by atoms with E-state index in [2.05, 4.69) is 0 Å². The molecule has 96 valence electrons. The van der Waals surface area contributed by atoms with Gasteiger partial charge in [-0.25, -0.2) is 0 Å². The van der Waals surface area contributed by atoms with Gasteiger partial charge >= 0.3 is 0 Å². The summed E-state index contributed by atoms with van der Waals surface area (Å²) in [5.41, 5.74) is 14.5. The van der Waals surface area contributed by atoms with Crippen molar-refractivity contribution in [1.29, 1.82) is 0 Å². The standard InChI is InChI=1S/C7H17N3O3S3/c8-1-2-14-15-3-4(9)6(12)16-7(13)5(10)11/h4-5,7,11,13H,1-3,8-10H2. The monoisotopic (exact) mass is 287 g/mol. The first-order valence-corrected chi connectivity index (χ1v) is 7.88. The molecular formula is C7H17N3O3S3. The van der Waals surface area contributed by atoms with Crippen LogP contribution in [0.4, 0.5) is 0 Å². The Balaban J connectivity index is 3.73. The van der Waals surface area contributed by atoms with Crippen molar-refractivity contribution in [3.8, 4) is 0 Å². The van der Waals surface area contributed by atoms with Gasteiger partial charge in [0.2, 0.25) is 5.12 Å². The maximum Gasteiger partial charge on any atom is 0.209 e. The van der Waals surface area contributed by atoms with E-state index in [0.717, 1.165) is 5.75 Å². The molecule has 0 aromatic heterocycles. The van der Waals surface area contributed by atoms with E-state index in [0.29, 0.717) is 24.1 Å². The lowest BCUT2D eigenvalue weighted by atomic mass is 10.4. The van der Waals surface area contributed by atoms with E-state index in [1.807, 2.05) is 0 Å². The molecule has 9 heteroatoms. The summed E-state index contributed by atoms with van der Waals surface area (Å²) in [5.74, 6) is 1.23. The van der Waals surface area contributed by atoms with Crippen LogP contribution >= 0.6 is 33.3 Å². The van der Waals surface area contributed by atoms with Crippen molar-refractivity contribution in [2.45, 2.75) is 17.7 Å². The lowest BCUT2D eigenvalue weighted by Gasteiger charge is -2.14. The molecule has 0 radical (unpaired) electrons. The third-order valence-corrected chi connectivity index (χ3v) is 4.89. The molecule has 16 heavy (non-hydrogen) atoms. The lowest BCUT2D eigenvalue weighted by molar-refractivity contribution is -0.111. The molecule has 0 aliphatic rings. The Kier molecular flexibility index (Phi) is 9.85. The molecule has 0 saturated heterocycles. The van der Waals surface area contributed by atoms with Crippen molar-refractivity contribution >= 4 is 38.5 Å². The van der Waals surface area contributed by atoms with E-state index in [9.17, 15) is 4.79 Å². The first-order valence-electron chi connectivity index (χ1n) is 4.51. The third-order valence-electron chi connectivity index (χ3n) is 1.36. The second-order valence-electron chi connectivity index (χ2n) is 2.82. The van der Waals surface area contributed by atoms with Gasteiger partial charge in [0.1, 0.15) is 11.7 Å². The van der Waals surface area contributed by atoms with Crippen LogP contribution in [0.3, 0.4) is 0 Å². The summed E-state index contributed by atoms with van der Waals surface area (Å²) in [7, 11) is 2.99. The molecule has 0 spiro atoms. The summed E-state index contributed by atoms with van der Waals surface area (Å²) < 4.78 is 0. The van der Waals surface area contributed by atoms with Gasteiger partial charge in [-0.05, 0) is 0 Å². The molecule has 8 N–H and O–H groups in total. The van der Waals surface area contributed by atoms with Gasteiger partial charge in [-0.1, -0.05) is 33.3 Å². The number of hydrogen-bond donors (Lipinski definition) is 5. The first kappa shape index (κ1) is 16.5. The predicted octanol–water partition coefficient (Wildman–Crippen LogP) is -1.49. The van der Waals surface area contributed by atoms with Crippen LogP contribution in [0.15, 0.2) is 0 Å². The molecule has 0 saturated carbocycles. The zero-order valence-electron chi connectivity index (χ0n) is 8.61. The largest absolute Gasteiger partial charge is 0.378 e. The molecule has 0 aromatic carbocycles. The van der Waals surface area contributed by atoms with Crippen LogP contribution in [0.2, 0.25) is 0 Å². The van der Waals surface area contributed by atoms with Gasteiger partial charge < -0.3 is 27.4 Å². The molecule has 0 amide bonds. The second-order valence-corrected chi connectivity index (χ2v) is 6.57. The maximum absolute atomic E-state index is 11.4. The predicted molar refractivity (Wildman–Crippen MR) is 70.7 cm³/mol. The van der Waals surface area contributed by atoms with Crippen molar-refractivity contribution in [3.63, 3.8) is 0 Å². The molecule has 0 rings (SSSR count). The molecule has 0 heterocycles. The molecule has 3 atom stereocenters. The van der Waals surface area contributed by atoms with Crippen molar-refractivity contribution in [1.82, 2.24) is 0 Å². The number of rotatable bonds is 8. The number of aliphatic hydroxyl groups is 2. The number of aliphatic hydroxyl groups excluding tert-OH is 2. The van der Waals surface area contributed by atoms with Gasteiger partial charge in [0, 0.05) is 18.1 Å². The number of nitrogens with two attached hydrogens (primary N) is 3. The fourth-order valence-electron chi connectivity index (χ4n) is 0.573. The minimum atomic E-state index is -1.44. The first-order chi connectivity index (χ1) is 7.49. The highest BCUT2D eigenvalue weighted by Crippen LogP contribution is 2.22. The van der Waals surface area contributed by atoms with Crippen molar-refractivity contribution in [3.05, 3.63) is 0 Å². The number of thioether (sulfide) groups is 1. The Bertz CT molecular complexity index is 209. The molecule has 0 bridgehead atoms. The third kappa shape index (κ3) is 7.74. The minimum absolute atomic E-state index is 0.391. The van der Waals surface area contributed by atoms with Crippen molar-refractivity contribution in [2.75, 3.05) is 18.1 Å². The fraction of sp³-hybridized carbons (Fsp3) is 0.857. The smallest absolute Gasteiger partial charge is 0.209 e. The van der Waals surface area contributed by atoms with Gasteiger partial charge in [0.25, 0.3) is 0 Å².